The number of ether oxygens (including phenoxy) is 1. The number of nitrogens with two attached hydrogens (primary N) is 1. The van der Waals surface area contributed by atoms with E-state index in [-0.39, 0.29) is 5.02 Å². The van der Waals surface area contributed by atoms with Crippen LogP contribution in [-0.2, 0) is 4.74 Å². The summed E-state index contributed by atoms with van der Waals surface area (Å²) in [6.45, 7) is 5.39. The molecule has 0 radical (unpaired) electrons. The summed E-state index contributed by atoms with van der Waals surface area (Å²) in [4.78, 5) is 11.7. The Morgan fingerprint density at radius 1 is 1.40 bits per heavy atom. The Hall–Kier alpha value is -1.22. The second-order valence-electron chi connectivity index (χ2n) is 4.21. The number of rotatable bonds is 1. The maximum Gasteiger partial charge on any atom is 0.340 e. The zero-order chi connectivity index (χ0) is 11.6. The highest BCUT2D eigenvalue weighted by molar-refractivity contribution is 6.36. The predicted octanol–water partition coefficient (Wildman–Crippen LogP) is 2.88. The molecule has 15 heavy (non-hydrogen) atoms. The number of esters is 1. The minimum absolute atomic E-state index is 0.242. The summed E-state index contributed by atoms with van der Waals surface area (Å²) < 4.78 is 5.18. The van der Waals surface area contributed by atoms with Gasteiger partial charge in [-0.25, -0.2) is 4.79 Å². The topological polar surface area (TPSA) is 52.3 Å². The summed E-state index contributed by atoms with van der Waals surface area (Å²) in [7, 11) is 0. The molecule has 82 valence electrons. The van der Waals surface area contributed by atoms with E-state index in [9.17, 15) is 4.79 Å². The number of carbonyl (C=O) groups excluding carboxylic acids is 1. The van der Waals surface area contributed by atoms with E-state index in [2.05, 4.69) is 0 Å². The molecule has 0 atom stereocenters. The average molecular weight is 228 g/mol. The van der Waals surface area contributed by atoms with E-state index in [4.69, 9.17) is 22.1 Å². The van der Waals surface area contributed by atoms with Crippen LogP contribution in [0.25, 0.3) is 0 Å². The van der Waals surface area contributed by atoms with E-state index in [0.29, 0.717) is 11.3 Å². The fourth-order valence-electron chi connectivity index (χ4n) is 1.04. The van der Waals surface area contributed by atoms with Crippen LogP contribution in [0.3, 0.4) is 0 Å². The first-order chi connectivity index (χ1) is 6.81. The van der Waals surface area contributed by atoms with Gasteiger partial charge < -0.3 is 10.5 Å². The lowest BCUT2D eigenvalue weighted by Gasteiger charge is -2.20. The fraction of sp³-hybridized carbons (Fsp3) is 0.364. The lowest BCUT2D eigenvalue weighted by molar-refractivity contribution is 0.00698. The van der Waals surface area contributed by atoms with Crippen molar-refractivity contribution in [2.75, 3.05) is 5.73 Å². The van der Waals surface area contributed by atoms with Crippen molar-refractivity contribution in [3.05, 3.63) is 28.8 Å². The Bertz CT molecular complexity index is 383. The molecule has 0 unspecified atom stereocenters. The SMILES string of the molecule is CC(C)(C)OC(=O)c1cccc(N)c1Cl. The maximum absolute atomic E-state index is 11.7. The van der Waals surface area contributed by atoms with Gasteiger partial charge in [-0.2, -0.15) is 0 Å². The Morgan fingerprint density at radius 2 is 2.00 bits per heavy atom. The summed E-state index contributed by atoms with van der Waals surface area (Å²) in [5.41, 5.74) is 5.72. The van der Waals surface area contributed by atoms with Crippen LogP contribution in [0.1, 0.15) is 31.1 Å². The molecule has 0 aliphatic heterocycles. The van der Waals surface area contributed by atoms with Gasteiger partial charge >= 0.3 is 5.97 Å². The van der Waals surface area contributed by atoms with Gasteiger partial charge in [0, 0.05) is 0 Å². The third-order valence-corrected chi connectivity index (χ3v) is 2.07. The third-order valence-electron chi connectivity index (χ3n) is 1.65. The third kappa shape index (κ3) is 3.13. The largest absolute Gasteiger partial charge is 0.456 e. The van der Waals surface area contributed by atoms with E-state index < -0.39 is 11.6 Å². The van der Waals surface area contributed by atoms with Gasteiger partial charge in [0.2, 0.25) is 0 Å². The fourth-order valence-corrected chi connectivity index (χ4v) is 1.24. The van der Waals surface area contributed by atoms with Gasteiger partial charge in [0.05, 0.1) is 16.3 Å². The van der Waals surface area contributed by atoms with Crippen molar-refractivity contribution in [2.45, 2.75) is 26.4 Å². The number of carbonyl (C=O) groups is 1. The van der Waals surface area contributed by atoms with Crippen LogP contribution in [0.2, 0.25) is 5.02 Å². The van der Waals surface area contributed by atoms with Crippen molar-refractivity contribution in [2.24, 2.45) is 0 Å². The Balaban J connectivity index is 2.97. The second kappa shape index (κ2) is 4.11. The zero-order valence-electron chi connectivity index (χ0n) is 9.00. The predicted molar refractivity (Wildman–Crippen MR) is 61.0 cm³/mol. The van der Waals surface area contributed by atoms with E-state index in [1.165, 1.54) is 0 Å². The van der Waals surface area contributed by atoms with Crippen molar-refractivity contribution in [1.29, 1.82) is 0 Å². The van der Waals surface area contributed by atoms with E-state index in [1.54, 1.807) is 39.0 Å². The summed E-state index contributed by atoms with van der Waals surface area (Å²) in [6, 6.07) is 4.89. The Kier molecular flexibility index (Phi) is 3.25. The van der Waals surface area contributed by atoms with Crippen molar-refractivity contribution in [1.82, 2.24) is 0 Å². The molecule has 0 aliphatic rings. The molecule has 1 aromatic rings. The van der Waals surface area contributed by atoms with Gasteiger partial charge in [0.25, 0.3) is 0 Å². The molecule has 0 aliphatic carbocycles. The first kappa shape index (κ1) is 11.9. The quantitative estimate of drug-likeness (QED) is 0.593. The van der Waals surface area contributed by atoms with Gasteiger partial charge in [-0.15, -0.1) is 0 Å². The lowest BCUT2D eigenvalue weighted by Crippen LogP contribution is -2.24. The maximum atomic E-state index is 11.7. The number of hydrogen-bond acceptors (Lipinski definition) is 3. The monoisotopic (exact) mass is 227 g/mol. The number of nitrogen functional groups attached to an aromatic ring is 1. The summed E-state index contributed by atoms with van der Waals surface area (Å²) in [5, 5.41) is 0.242. The molecule has 4 heteroatoms. The highest BCUT2D eigenvalue weighted by Crippen LogP contribution is 2.25. The highest BCUT2D eigenvalue weighted by Gasteiger charge is 2.20. The molecule has 0 aromatic heterocycles. The molecule has 0 amide bonds. The molecule has 1 rings (SSSR count). The first-order valence-corrected chi connectivity index (χ1v) is 4.96. The van der Waals surface area contributed by atoms with E-state index in [1.807, 2.05) is 0 Å². The van der Waals surface area contributed by atoms with E-state index >= 15 is 0 Å². The van der Waals surface area contributed by atoms with Crippen LogP contribution >= 0.6 is 11.6 Å². The normalized spacial score (nSPS) is 11.2. The smallest absolute Gasteiger partial charge is 0.340 e. The molecular formula is C11H14ClNO2. The first-order valence-electron chi connectivity index (χ1n) is 4.58. The number of halogens is 1. The molecule has 0 fully saturated rings. The standard InChI is InChI=1S/C11H14ClNO2/c1-11(2,3)15-10(14)7-5-4-6-8(13)9(7)12/h4-6H,13H2,1-3H3. The van der Waals surface area contributed by atoms with Crippen LogP contribution in [0.15, 0.2) is 18.2 Å². The molecule has 0 saturated carbocycles. The van der Waals surface area contributed by atoms with Gasteiger partial charge in [-0.05, 0) is 32.9 Å². The van der Waals surface area contributed by atoms with Gasteiger partial charge in [0.15, 0.2) is 0 Å². The zero-order valence-corrected chi connectivity index (χ0v) is 9.76. The minimum Gasteiger partial charge on any atom is -0.456 e. The molecule has 0 saturated heterocycles. The molecule has 3 nitrogen and oxygen atoms in total. The van der Waals surface area contributed by atoms with Gasteiger partial charge in [-0.1, -0.05) is 17.7 Å². The lowest BCUT2D eigenvalue weighted by atomic mass is 10.1. The van der Waals surface area contributed by atoms with Gasteiger partial charge in [-0.3, -0.25) is 0 Å². The molecule has 0 spiro atoms. The molecular weight excluding hydrogens is 214 g/mol. The summed E-state index contributed by atoms with van der Waals surface area (Å²) >= 11 is 5.89. The van der Waals surface area contributed by atoms with Crippen LogP contribution in [0.4, 0.5) is 5.69 Å². The van der Waals surface area contributed by atoms with Crippen LogP contribution in [-0.4, -0.2) is 11.6 Å². The van der Waals surface area contributed by atoms with Crippen LogP contribution in [0, 0.1) is 0 Å². The molecule has 1 aromatic carbocycles. The summed E-state index contributed by atoms with van der Waals surface area (Å²) in [6.07, 6.45) is 0. The molecule has 0 heterocycles. The number of anilines is 1. The van der Waals surface area contributed by atoms with Crippen molar-refractivity contribution in [3.63, 3.8) is 0 Å². The van der Waals surface area contributed by atoms with Crippen LogP contribution < -0.4 is 5.73 Å². The number of benzene rings is 1. The minimum atomic E-state index is -0.537. The number of hydrogen-bond donors (Lipinski definition) is 1. The Labute approximate surface area is 94.2 Å². The van der Waals surface area contributed by atoms with Gasteiger partial charge in [0.1, 0.15) is 5.60 Å². The highest BCUT2D eigenvalue weighted by atomic mass is 35.5. The van der Waals surface area contributed by atoms with Crippen LogP contribution in [0.5, 0.6) is 0 Å². The summed E-state index contributed by atoms with van der Waals surface area (Å²) in [5.74, 6) is -0.459. The van der Waals surface area contributed by atoms with Crippen molar-refractivity contribution < 1.29 is 9.53 Å². The second-order valence-corrected chi connectivity index (χ2v) is 4.59. The average Bonchev–Trinajstić information content (AvgIpc) is 2.06. The van der Waals surface area contributed by atoms with E-state index in [0.717, 1.165) is 0 Å². The molecule has 0 bridgehead atoms. The van der Waals surface area contributed by atoms with Crippen molar-refractivity contribution >= 4 is 23.3 Å². The van der Waals surface area contributed by atoms with Crippen molar-refractivity contribution in [3.8, 4) is 0 Å². The Morgan fingerprint density at radius 3 is 2.53 bits per heavy atom. The molecule has 2 N–H and O–H groups in total.